The maximum absolute atomic E-state index is 12.5. The summed E-state index contributed by atoms with van der Waals surface area (Å²) in [5, 5.41) is 10.9. The second kappa shape index (κ2) is 5.79. The van der Waals surface area contributed by atoms with Gasteiger partial charge < -0.3 is 14.5 Å². The Morgan fingerprint density at radius 3 is 2.92 bits per heavy atom. The normalized spacial score (nSPS) is 10.9. The molecule has 2 aromatic carbocycles. The molecule has 4 aromatic rings. The zero-order valence-corrected chi connectivity index (χ0v) is 13.2. The summed E-state index contributed by atoms with van der Waals surface area (Å²) in [6, 6.07) is 12.0. The van der Waals surface area contributed by atoms with Crippen molar-refractivity contribution in [3.8, 4) is 5.75 Å². The minimum Gasteiger partial charge on any atom is -0.493 e. The molecule has 0 fully saturated rings. The molecule has 0 saturated carbocycles. The van der Waals surface area contributed by atoms with Crippen molar-refractivity contribution in [1.82, 2.24) is 10.2 Å². The van der Waals surface area contributed by atoms with Crippen molar-refractivity contribution in [2.45, 2.75) is 0 Å². The largest absolute Gasteiger partial charge is 0.493 e. The van der Waals surface area contributed by atoms with Crippen molar-refractivity contribution in [2.24, 2.45) is 0 Å². The molecule has 0 aliphatic rings. The number of nitrogens with zero attached hydrogens (tertiary/aromatic N) is 1. The van der Waals surface area contributed by atoms with Gasteiger partial charge in [-0.05, 0) is 30.3 Å². The molecule has 0 bridgehead atoms. The van der Waals surface area contributed by atoms with Crippen LogP contribution in [0.2, 0.25) is 0 Å². The number of carbonyl (C=O) groups is 1. The van der Waals surface area contributed by atoms with Crippen LogP contribution in [-0.2, 0) is 0 Å². The van der Waals surface area contributed by atoms with E-state index in [0.29, 0.717) is 22.4 Å². The highest BCUT2D eigenvalue weighted by Crippen LogP contribution is 2.25. The third-order valence-electron chi connectivity index (χ3n) is 3.89. The number of hydrogen-bond acceptors (Lipinski definition) is 5. The van der Waals surface area contributed by atoms with Crippen LogP contribution in [0.5, 0.6) is 5.75 Å². The van der Waals surface area contributed by atoms with E-state index in [0.717, 1.165) is 10.9 Å². The van der Waals surface area contributed by atoms with Crippen molar-refractivity contribution < 1.29 is 13.9 Å². The van der Waals surface area contributed by atoms with Crippen molar-refractivity contribution >= 4 is 33.5 Å². The molecule has 0 radical (unpaired) electrons. The number of carbonyl (C=O) groups excluding carboxylic acids is 1. The van der Waals surface area contributed by atoms with E-state index in [1.165, 1.54) is 13.2 Å². The fraction of sp³-hybridized carbons (Fsp3) is 0.0556. The SMILES string of the molecule is COc1cccc2cc(C(=O)Nc3ccc4[nH]ncc4c3)c(=O)oc12. The molecule has 0 atom stereocenters. The summed E-state index contributed by atoms with van der Waals surface area (Å²) < 4.78 is 10.4. The van der Waals surface area contributed by atoms with Gasteiger partial charge in [-0.25, -0.2) is 4.79 Å². The van der Waals surface area contributed by atoms with E-state index < -0.39 is 11.5 Å². The smallest absolute Gasteiger partial charge is 0.349 e. The molecular weight excluding hydrogens is 322 g/mol. The van der Waals surface area contributed by atoms with Crippen molar-refractivity contribution in [2.75, 3.05) is 12.4 Å². The molecule has 0 saturated heterocycles. The Balaban J connectivity index is 1.71. The number of anilines is 1. The number of rotatable bonds is 3. The molecule has 2 aromatic heterocycles. The Bertz CT molecular complexity index is 1160. The maximum Gasteiger partial charge on any atom is 0.349 e. The van der Waals surface area contributed by atoms with Gasteiger partial charge in [-0.3, -0.25) is 9.89 Å². The quantitative estimate of drug-likeness (QED) is 0.561. The summed E-state index contributed by atoms with van der Waals surface area (Å²) in [6.45, 7) is 0. The number of aromatic nitrogens is 2. The van der Waals surface area contributed by atoms with E-state index in [1.54, 1.807) is 42.6 Å². The number of para-hydroxylation sites is 1. The van der Waals surface area contributed by atoms with Gasteiger partial charge in [0.25, 0.3) is 5.91 Å². The lowest BCUT2D eigenvalue weighted by Gasteiger charge is -2.07. The predicted octanol–water partition coefficient (Wildman–Crippen LogP) is 2.93. The van der Waals surface area contributed by atoms with E-state index in [2.05, 4.69) is 15.5 Å². The average molecular weight is 335 g/mol. The highest BCUT2D eigenvalue weighted by Gasteiger charge is 2.16. The van der Waals surface area contributed by atoms with Crippen LogP contribution in [0.25, 0.3) is 21.9 Å². The monoisotopic (exact) mass is 335 g/mol. The van der Waals surface area contributed by atoms with Gasteiger partial charge in [-0.1, -0.05) is 12.1 Å². The molecule has 2 N–H and O–H groups in total. The highest BCUT2D eigenvalue weighted by atomic mass is 16.5. The van der Waals surface area contributed by atoms with Crippen molar-refractivity contribution in [3.63, 3.8) is 0 Å². The molecule has 1 amide bonds. The first kappa shape index (κ1) is 14.9. The first-order valence-electron chi connectivity index (χ1n) is 7.51. The van der Waals surface area contributed by atoms with Crippen LogP contribution >= 0.6 is 0 Å². The first-order valence-corrected chi connectivity index (χ1v) is 7.51. The van der Waals surface area contributed by atoms with Crippen molar-refractivity contribution in [3.05, 3.63) is 64.6 Å². The Labute approximate surface area is 141 Å². The van der Waals surface area contributed by atoms with Gasteiger partial charge in [-0.15, -0.1) is 0 Å². The number of methoxy groups -OCH3 is 1. The summed E-state index contributed by atoms with van der Waals surface area (Å²) in [4.78, 5) is 24.7. The molecule has 7 nitrogen and oxygen atoms in total. The van der Waals surface area contributed by atoms with Gasteiger partial charge in [0.05, 0.1) is 18.8 Å². The van der Waals surface area contributed by atoms with E-state index in [-0.39, 0.29) is 5.56 Å². The average Bonchev–Trinajstić information content (AvgIpc) is 3.08. The fourth-order valence-electron chi connectivity index (χ4n) is 2.66. The Hall–Kier alpha value is -3.61. The molecule has 0 aliphatic carbocycles. The predicted molar refractivity (Wildman–Crippen MR) is 93.1 cm³/mol. The molecule has 7 heteroatoms. The zero-order chi connectivity index (χ0) is 17.4. The summed E-state index contributed by atoms with van der Waals surface area (Å²) >= 11 is 0. The number of nitrogens with one attached hydrogen (secondary N) is 2. The molecule has 4 rings (SSSR count). The molecular formula is C18H13N3O4. The topological polar surface area (TPSA) is 97.2 Å². The second-order valence-corrected chi connectivity index (χ2v) is 5.45. The van der Waals surface area contributed by atoms with Gasteiger partial charge in [0.1, 0.15) is 5.56 Å². The lowest BCUT2D eigenvalue weighted by Crippen LogP contribution is -2.20. The van der Waals surface area contributed by atoms with Crippen LogP contribution in [0.3, 0.4) is 0 Å². The van der Waals surface area contributed by atoms with E-state index in [9.17, 15) is 9.59 Å². The van der Waals surface area contributed by atoms with Gasteiger partial charge in [0.2, 0.25) is 0 Å². The molecule has 2 heterocycles. The zero-order valence-electron chi connectivity index (χ0n) is 13.2. The number of fused-ring (bicyclic) bond motifs is 2. The van der Waals surface area contributed by atoms with E-state index in [1.807, 2.05) is 0 Å². The fourth-order valence-corrected chi connectivity index (χ4v) is 2.66. The van der Waals surface area contributed by atoms with Crippen LogP contribution < -0.4 is 15.7 Å². The minimum atomic E-state index is -0.723. The molecule has 124 valence electrons. The van der Waals surface area contributed by atoms with Gasteiger partial charge in [0, 0.05) is 16.5 Å². The minimum absolute atomic E-state index is 0.0759. The number of amides is 1. The Kier molecular flexibility index (Phi) is 3.46. The number of hydrogen-bond donors (Lipinski definition) is 2. The van der Waals surface area contributed by atoms with Gasteiger partial charge >= 0.3 is 5.63 Å². The molecule has 25 heavy (non-hydrogen) atoms. The summed E-state index contributed by atoms with van der Waals surface area (Å²) in [5.41, 5.74) is 0.928. The summed E-state index contributed by atoms with van der Waals surface area (Å²) in [5.74, 6) is -0.103. The Morgan fingerprint density at radius 2 is 2.08 bits per heavy atom. The van der Waals surface area contributed by atoms with Crippen LogP contribution in [0, 0.1) is 0 Å². The summed E-state index contributed by atoms with van der Waals surface area (Å²) in [6.07, 6.45) is 1.65. The lowest BCUT2D eigenvalue weighted by atomic mass is 10.1. The van der Waals surface area contributed by atoms with Gasteiger partial charge in [0.15, 0.2) is 11.3 Å². The van der Waals surface area contributed by atoms with Crippen LogP contribution in [0.15, 0.2) is 57.9 Å². The van der Waals surface area contributed by atoms with E-state index >= 15 is 0 Å². The number of ether oxygens (including phenoxy) is 1. The molecule has 0 spiro atoms. The first-order chi connectivity index (χ1) is 12.2. The highest BCUT2D eigenvalue weighted by molar-refractivity contribution is 6.06. The standard InChI is InChI=1S/C18H13N3O4/c1-24-15-4-2-3-10-8-13(18(23)25-16(10)15)17(22)20-12-5-6-14-11(7-12)9-19-21-14/h2-9H,1H3,(H,19,21)(H,20,22). The van der Waals surface area contributed by atoms with Gasteiger partial charge in [-0.2, -0.15) is 5.10 Å². The number of H-pyrrole nitrogens is 1. The Morgan fingerprint density at radius 1 is 1.20 bits per heavy atom. The number of benzene rings is 2. The molecule has 0 aliphatic heterocycles. The van der Waals surface area contributed by atoms with Crippen LogP contribution in [-0.4, -0.2) is 23.2 Å². The van der Waals surface area contributed by atoms with Crippen molar-refractivity contribution in [1.29, 1.82) is 0 Å². The second-order valence-electron chi connectivity index (χ2n) is 5.45. The molecule has 0 unspecified atom stereocenters. The third kappa shape index (κ3) is 2.61. The third-order valence-corrected chi connectivity index (χ3v) is 3.89. The maximum atomic E-state index is 12.5. The van der Waals surface area contributed by atoms with Crippen LogP contribution in [0.4, 0.5) is 5.69 Å². The lowest BCUT2D eigenvalue weighted by molar-refractivity contribution is 0.102. The number of aromatic amines is 1. The van der Waals surface area contributed by atoms with Crippen LogP contribution in [0.1, 0.15) is 10.4 Å². The van der Waals surface area contributed by atoms with E-state index in [4.69, 9.17) is 9.15 Å². The summed E-state index contributed by atoms with van der Waals surface area (Å²) in [7, 11) is 1.49.